The van der Waals surface area contributed by atoms with Gasteiger partial charge in [-0.05, 0) is 61.4 Å². The van der Waals surface area contributed by atoms with Gasteiger partial charge in [0.25, 0.3) is 5.91 Å². The summed E-state index contributed by atoms with van der Waals surface area (Å²) in [4.78, 5) is 24.4. The van der Waals surface area contributed by atoms with Crippen molar-refractivity contribution in [3.8, 4) is 6.07 Å². The second kappa shape index (κ2) is 10.2. The number of halogens is 3. The van der Waals surface area contributed by atoms with E-state index < -0.39 is 34.6 Å². The number of piperidine rings is 1. The Morgan fingerprint density at radius 2 is 1.62 bits per heavy atom. The summed E-state index contributed by atoms with van der Waals surface area (Å²) in [6, 6.07) is 13.0. The lowest BCUT2D eigenvalue weighted by Gasteiger charge is -2.30. The predicted octanol–water partition coefficient (Wildman–Crippen LogP) is 2.89. The van der Waals surface area contributed by atoms with Gasteiger partial charge >= 0.3 is 6.18 Å². The molecule has 3 rings (SSSR count). The molecule has 2 aromatic rings. The third-order valence-corrected chi connectivity index (χ3v) is 7.22. The van der Waals surface area contributed by atoms with Gasteiger partial charge in [-0.25, -0.2) is 8.42 Å². The van der Waals surface area contributed by atoms with Gasteiger partial charge in [-0.3, -0.25) is 9.59 Å². The van der Waals surface area contributed by atoms with E-state index in [1.165, 1.54) is 52.8 Å². The van der Waals surface area contributed by atoms with Crippen LogP contribution in [-0.4, -0.2) is 50.3 Å². The van der Waals surface area contributed by atoms with E-state index in [2.05, 4.69) is 5.32 Å². The Labute approximate surface area is 194 Å². The summed E-state index contributed by atoms with van der Waals surface area (Å²) >= 11 is 0. The molecule has 34 heavy (non-hydrogen) atoms. The molecule has 0 unspecified atom stereocenters. The molecular weight excluding hydrogens is 473 g/mol. The lowest BCUT2D eigenvalue weighted by molar-refractivity contribution is -0.123. The van der Waals surface area contributed by atoms with Crippen LogP contribution in [0.25, 0.3) is 0 Å². The molecular formula is C22H21F3N4O4S. The average Bonchev–Trinajstić information content (AvgIpc) is 2.82. The zero-order chi connectivity index (χ0) is 24.9. The van der Waals surface area contributed by atoms with Crippen LogP contribution in [0.2, 0.25) is 0 Å². The van der Waals surface area contributed by atoms with Gasteiger partial charge in [0, 0.05) is 30.3 Å². The topological polar surface area (TPSA) is 119 Å². The van der Waals surface area contributed by atoms with Gasteiger partial charge in [0.1, 0.15) is 6.54 Å². The van der Waals surface area contributed by atoms with Crippen molar-refractivity contribution in [3.63, 3.8) is 0 Å². The molecule has 180 valence electrons. The maximum absolute atomic E-state index is 12.8. The number of carbonyl (C=O) groups is 2. The molecule has 2 amide bonds. The highest BCUT2D eigenvalue weighted by Crippen LogP contribution is 2.25. The fourth-order valence-corrected chi connectivity index (χ4v) is 4.91. The first-order valence-electron chi connectivity index (χ1n) is 10.3. The summed E-state index contributed by atoms with van der Waals surface area (Å²) in [5.41, 5.74) is 0.734. The Balaban J connectivity index is 1.53. The zero-order valence-corrected chi connectivity index (χ0v) is 18.6. The summed E-state index contributed by atoms with van der Waals surface area (Å²) in [6.45, 7) is -1.14. The molecule has 2 N–H and O–H groups in total. The van der Waals surface area contributed by atoms with E-state index in [-0.39, 0.29) is 29.5 Å². The first kappa shape index (κ1) is 25.2. The lowest BCUT2D eigenvalue weighted by atomic mass is 9.97. The maximum Gasteiger partial charge on any atom is 0.405 e. The number of rotatable bonds is 6. The number of benzene rings is 2. The van der Waals surface area contributed by atoms with E-state index in [1.54, 1.807) is 5.32 Å². The van der Waals surface area contributed by atoms with Crippen LogP contribution in [0.1, 0.15) is 28.8 Å². The summed E-state index contributed by atoms with van der Waals surface area (Å²) in [5.74, 6) is -1.63. The standard InChI is InChI=1S/C22H21F3N4O4S/c23-22(24,25)14-27-20(30)16-3-5-18(6-4-16)28-21(31)17-9-11-29(12-10-17)34(32,33)19-7-1-15(13-26)2-8-19/h1-8,17H,9-12,14H2,(H,27,30)(H,28,31). The summed E-state index contributed by atoms with van der Waals surface area (Å²) in [5, 5.41) is 13.3. The van der Waals surface area contributed by atoms with Crippen LogP contribution in [0.5, 0.6) is 0 Å². The fourth-order valence-electron chi connectivity index (χ4n) is 3.44. The average molecular weight is 494 g/mol. The third kappa shape index (κ3) is 6.33. The van der Waals surface area contributed by atoms with E-state index in [4.69, 9.17) is 5.26 Å². The van der Waals surface area contributed by atoms with Gasteiger partial charge in [-0.15, -0.1) is 0 Å². The molecule has 1 aliphatic heterocycles. The van der Waals surface area contributed by atoms with E-state index in [0.29, 0.717) is 24.1 Å². The number of nitriles is 1. The fraction of sp³-hybridized carbons (Fsp3) is 0.318. The second-order valence-corrected chi connectivity index (χ2v) is 9.62. The molecule has 0 bridgehead atoms. The molecule has 8 nitrogen and oxygen atoms in total. The molecule has 0 saturated carbocycles. The number of nitrogens with zero attached hydrogens (tertiary/aromatic N) is 2. The number of alkyl halides is 3. The van der Waals surface area contributed by atoms with Gasteiger partial charge < -0.3 is 10.6 Å². The second-order valence-electron chi connectivity index (χ2n) is 7.68. The summed E-state index contributed by atoms with van der Waals surface area (Å²) < 4.78 is 63.5. The van der Waals surface area contributed by atoms with Gasteiger partial charge in [0.15, 0.2) is 0 Å². The van der Waals surface area contributed by atoms with Crippen LogP contribution in [0.3, 0.4) is 0 Å². The minimum Gasteiger partial charge on any atom is -0.343 e. The van der Waals surface area contributed by atoms with Crippen molar-refractivity contribution in [2.75, 3.05) is 25.0 Å². The highest BCUT2D eigenvalue weighted by molar-refractivity contribution is 7.89. The first-order chi connectivity index (χ1) is 16.0. The predicted molar refractivity (Wildman–Crippen MR) is 116 cm³/mol. The Bertz CT molecular complexity index is 1180. The molecule has 0 spiro atoms. The largest absolute Gasteiger partial charge is 0.405 e. The first-order valence-corrected chi connectivity index (χ1v) is 11.7. The Morgan fingerprint density at radius 3 is 2.15 bits per heavy atom. The van der Waals surface area contributed by atoms with Crippen molar-refractivity contribution in [2.24, 2.45) is 5.92 Å². The normalized spacial score (nSPS) is 15.4. The van der Waals surface area contributed by atoms with E-state index in [9.17, 15) is 31.2 Å². The van der Waals surface area contributed by atoms with Crippen molar-refractivity contribution in [1.82, 2.24) is 9.62 Å². The number of anilines is 1. The molecule has 12 heteroatoms. The van der Waals surface area contributed by atoms with Crippen LogP contribution in [0.4, 0.5) is 18.9 Å². The number of sulfonamides is 1. The molecule has 2 aromatic carbocycles. The Kier molecular flexibility index (Phi) is 7.58. The molecule has 0 aromatic heterocycles. The minimum absolute atomic E-state index is 0.0172. The van der Waals surface area contributed by atoms with E-state index >= 15 is 0 Å². The number of amides is 2. The van der Waals surface area contributed by atoms with Crippen molar-refractivity contribution in [1.29, 1.82) is 5.26 Å². The van der Waals surface area contributed by atoms with Gasteiger partial charge in [0.05, 0.1) is 16.5 Å². The molecule has 0 aliphatic carbocycles. The highest BCUT2D eigenvalue weighted by Gasteiger charge is 2.32. The number of nitrogens with one attached hydrogen (secondary N) is 2. The SMILES string of the molecule is N#Cc1ccc(S(=O)(=O)N2CCC(C(=O)Nc3ccc(C(=O)NCC(F)(F)F)cc3)CC2)cc1. The minimum atomic E-state index is -4.51. The molecule has 1 heterocycles. The van der Waals surface area contributed by atoms with Crippen molar-refractivity contribution >= 4 is 27.5 Å². The molecule has 1 fully saturated rings. The van der Waals surface area contributed by atoms with Crippen molar-refractivity contribution < 1.29 is 31.2 Å². The van der Waals surface area contributed by atoms with Crippen LogP contribution in [0, 0.1) is 17.2 Å². The summed E-state index contributed by atoms with van der Waals surface area (Å²) in [7, 11) is -3.74. The third-order valence-electron chi connectivity index (χ3n) is 5.31. The molecule has 1 aliphatic rings. The number of carbonyl (C=O) groups excluding carboxylic acids is 2. The van der Waals surface area contributed by atoms with Gasteiger partial charge in [-0.1, -0.05) is 0 Å². The zero-order valence-electron chi connectivity index (χ0n) is 17.8. The van der Waals surface area contributed by atoms with Crippen LogP contribution in [0.15, 0.2) is 53.4 Å². The number of hydrogen-bond donors (Lipinski definition) is 2. The smallest absolute Gasteiger partial charge is 0.343 e. The van der Waals surface area contributed by atoms with Crippen molar-refractivity contribution in [3.05, 3.63) is 59.7 Å². The van der Waals surface area contributed by atoms with Crippen LogP contribution < -0.4 is 10.6 Å². The van der Waals surface area contributed by atoms with Crippen LogP contribution in [-0.2, 0) is 14.8 Å². The monoisotopic (exact) mass is 494 g/mol. The van der Waals surface area contributed by atoms with Gasteiger partial charge in [0.2, 0.25) is 15.9 Å². The van der Waals surface area contributed by atoms with E-state index in [1.807, 2.05) is 6.07 Å². The highest BCUT2D eigenvalue weighted by atomic mass is 32.2. The Morgan fingerprint density at radius 1 is 1.03 bits per heavy atom. The molecule has 1 saturated heterocycles. The van der Waals surface area contributed by atoms with Crippen LogP contribution >= 0.6 is 0 Å². The molecule has 0 atom stereocenters. The van der Waals surface area contributed by atoms with E-state index in [0.717, 1.165) is 0 Å². The van der Waals surface area contributed by atoms with Gasteiger partial charge in [-0.2, -0.15) is 22.7 Å². The maximum atomic E-state index is 12.8. The Hall–Kier alpha value is -3.43. The summed E-state index contributed by atoms with van der Waals surface area (Å²) in [6.07, 6.45) is -3.90. The van der Waals surface area contributed by atoms with Crippen molar-refractivity contribution in [2.45, 2.75) is 23.9 Å². The lowest BCUT2D eigenvalue weighted by Crippen LogP contribution is -2.41. The quantitative estimate of drug-likeness (QED) is 0.640. The molecule has 0 radical (unpaired) electrons. The number of hydrogen-bond acceptors (Lipinski definition) is 5.